The Morgan fingerprint density at radius 1 is 1.07 bits per heavy atom. The number of carbonyl (C=O) groups excluding carboxylic acids is 2. The third-order valence-electron chi connectivity index (χ3n) is 3.90. The van der Waals surface area contributed by atoms with Crippen molar-refractivity contribution in [2.45, 2.75) is 13.8 Å². The highest BCUT2D eigenvalue weighted by atomic mass is 79.9. The maximum absolute atomic E-state index is 11.8. The van der Waals surface area contributed by atoms with E-state index in [0.29, 0.717) is 29.4 Å². The van der Waals surface area contributed by atoms with E-state index in [1.165, 1.54) is 0 Å². The van der Waals surface area contributed by atoms with Crippen LogP contribution in [0.3, 0.4) is 0 Å². The Morgan fingerprint density at radius 2 is 1.78 bits per heavy atom. The summed E-state index contributed by atoms with van der Waals surface area (Å²) in [5.74, 6) is 1.09. The molecule has 0 bridgehead atoms. The molecule has 27 heavy (non-hydrogen) atoms. The quantitative estimate of drug-likeness (QED) is 0.506. The molecule has 2 amide bonds. The molecule has 1 heterocycles. The summed E-state index contributed by atoms with van der Waals surface area (Å²) in [6.45, 7) is 4.76. The number of aryl methyl sites for hydroxylation is 2. The molecular formula is C20H18BrNO4S. The molecule has 1 aliphatic heterocycles. The van der Waals surface area contributed by atoms with Crippen LogP contribution < -0.4 is 14.8 Å². The predicted molar refractivity (Wildman–Crippen MR) is 110 cm³/mol. The molecule has 3 rings (SSSR count). The molecule has 7 heteroatoms. The van der Waals surface area contributed by atoms with Gasteiger partial charge in [-0.15, -0.1) is 0 Å². The lowest BCUT2D eigenvalue weighted by Crippen LogP contribution is -2.17. The van der Waals surface area contributed by atoms with Crippen LogP contribution in [0.4, 0.5) is 4.79 Å². The van der Waals surface area contributed by atoms with Crippen molar-refractivity contribution in [3.05, 3.63) is 62.5 Å². The first-order chi connectivity index (χ1) is 12.9. The monoisotopic (exact) mass is 447 g/mol. The molecule has 2 aromatic carbocycles. The van der Waals surface area contributed by atoms with Gasteiger partial charge in [-0.2, -0.15) is 0 Å². The first-order valence-electron chi connectivity index (χ1n) is 8.30. The highest BCUT2D eigenvalue weighted by Crippen LogP contribution is 2.31. The molecule has 0 saturated carbocycles. The second-order valence-electron chi connectivity index (χ2n) is 5.95. The van der Waals surface area contributed by atoms with E-state index in [-0.39, 0.29) is 5.24 Å². The zero-order valence-corrected chi connectivity index (χ0v) is 17.3. The van der Waals surface area contributed by atoms with Gasteiger partial charge < -0.3 is 9.47 Å². The molecule has 0 radical (unpaired) electrons. The molecule has 2 aromatic rings. The van der Waals surface area contributed by atoms with Gasteiger partial charge in [0.05, 0.1) is 4.91 Å². The molecule has 0 unspecified atom stereocenters. The fraction of sp³-hybridized carbons (Fsp3) is 0.200. The lowest BCUT2D eigenvalue weighted by atomic mass is 10.1. The number of nitrogens with one attached hydrogen (secondary N) is 1. The molecule has 0 atom stereocenters. The van der Waals surface area contributed by atoms with Gasteiger partial charge >= 0.3 is 0 Å². The fourth-order valence-corrected chi connectivity index (χ4v) is 3.70. The Labute approximate surface area is 170 Å². The summed E-state index contributed by atoms with van der Waals surface area (Å²) in [7, 11) is 0. The summed E-state index contributed by atoms with van der Waals surface area (Å²) >= 11 is 4.30. The van der Waals surface area contributed by atoms with Crippen molar-refractivity contribution >= 4 is 44.9 Å². The number of hydrogen-bond donors (Lipinski definition) is 1. The lowest BCUT2D eigenvalue weighted by Gasteiger charge is -2.14. The van der Waals surface area contributed by atoms with Gasteiger partial charge in [-0.25, -0.2) is 0 Å². The minimum atomic E-state index is -0.394. The van der Waals surface area contributed by atoms with Crippen LogP contribution >= 0.6 is 27.7 Å². The summed E-state index contributed by atoms with van der Waals surface area (Å²) in [5, 5.41) is 1.88. The Hall–Kier alpha value is -2.25. The molecule has 0 spiro atoms. The molecule has 5 nitrogen and oxygen atoms in total. The van der Waals surface area contributed by atoms with Gasteiger partial charge in [-0.1, -0.05) is 34.1 Å². The van der Waals surface area contributed by atoms with Gasteiger partial charge in [0, 0.05) is 10.0 Å². The van der Waals surface area contributed by atoms with Gasteiger partial charge in [-0.3, -0.25) is 14.9 Å². The summed E-state index contributed by atoms with van der Waals surface area (Å²) in [6.07, 6.45) is 1.65. The number of rotatable bonds is 6. The number of ether oxygens (including phenoxy) is 2. The highest BCUT2D eigenvalue weighted by Gasteiger charge is 2.25. The Kier molecular flexibility index (Phi) is 6.23. The van der Waals surface area contributed by atoms with Crippen molar-refractivity contribution in [3.63, 3.8) is 0 Å². The number of carbonyl (C=O) groups is 2. The fourth-order valence-electron chi connectivity index (χ4n) is 2.65. The SMILES string of the molecule is Cc1cccc(C)c1OCCOc1ccc(Br)cc1/C=C1/SC(=O)NC1=O. The number of imide groups is 1. The third-order valence-corrected chi connectivity index (χ3v) is 5.20. The first-order valence-corrected chi connectivity index (χ1v) is 9.91. The molecular weight excluding hydrogens is 430 g/mol. The van der Waals surface area contributed by atoms with Crippen LogP contribution in [0.25, 0.3) is 6.08 Å². The van der Waals surface area contributed by atoms with Gasteiger partial charge in [0.15, 0.2) is 0 Å². The van der Waals surface area contributed by atoms with Crippen LogP contribution in [0.2, 0.25) is 0 Å². The van der Waals surface area contributed by atoms with E-state index in [1.807, 2.05) is 50.2 Å². The van der Waals surface area contributed by atoms with Crippen LogP contribution in [-0.4, -0.2) is 24.4 Å². The van der Waals surface area contributed by atoms with Gasteiger partial charge in [0.2, 0.25) is 0 Å². The number of para-hydroxylation sites is 1. The van der Waals surface area contributed by atoms with Crippen LogP contribution in [0.1, 0.15) is 16.7 Å². The Morgan fingerprint density at radius 3 is 2.44 bits per heavy atom. The largest absolute Gasteiger partial charge is 0.489 e. The van der Waals surface area contributed by atoms with Crippen molar-refractivity contribution in [2.24, 2.45) is 0 Å². The molecule has 140 valence electrons. The van der Waals surface area contributed by atoms with Crippen LogP contribution in [0.5, 0.6) is 11.5 Å². The minimum Gasteiger partial charge on any atom is -0.489 e. The third kappa shape index (κ3) is 4.93. The van der Waals surface area contributed by atoms with Crippen molar-refractivity contribution in [1.29, 1.82) is 0 Å². The summed E-state index contributed by atoms with van der Waals surface area (Å²) in [6, 6.07) is 11.5. The molecule has 0 aliphatic carbocycles. The maximum atomic E-state index is 11.8. The zero-order chi connectivity index (χ0) is 19.4. The number of thioether (sulfide) groups is 1. The average molecular weight is 448 g/mol. The second kappa shape index (κ2) is 8.63. The maximum Gasteiger partial charge on any atom is 0.290 e. The van der Waals surface area contributed by atoms with E-state index in [2.05, 4.69) is 21.2 Å². The first kappa shape index (κ1) is 19.5. The number of halogens is 1. The minimum absolute atomic E-state index is 0.342. The lowest BCUT2D eigenvalue weighted by molar-refractivity contribution is -0.115. The van der Waals surface area contributed by atoms with Crippen LogP contribution in [-0.2, 0) is 4.79 Å². The van der Waals surface area contributed by atoms with Gasteiger partial charge in [0.25, 0.3) is 11.1 Å². The van der Waals surface area contributed by atoms with Crippen molar-refractivity contribution in [2.75, 3.05) is 13.2 Å². The van der Waals surface area contributed by atoms with E-state index in [4.69, 9.17) is 9.47 Å². The predicted octanol–water partition coefficient (Wildman–Crippen LogP) is 4.85. The van der Waals surface area contributed by atoms with Gasteiger partial charge in [0.1, 0.15) is 24.7 Å². The zero-order valence-electron chi connectivity index (χ0n) is 14.9. The average Bonchev–Trinajstić information content (AvgIpc) is 2.92. The van der Waals surface area contributed by atoms with E-state index < -0.39 is 5.91 Å². The molecule has 0 aromatic heterocycles. The molecule has 1 saturated heterocycles. The van der Waals surface area contributed by atoms with E-state index in [0.717, 1.165) is 33.1 Å². The Balaban J connectivity index is 1.68. The van der Waals surface area contributed by atoms with Crippen molar-refractivity contribution < 1.29 is 19.1 Å². The topological polar surface area (TPSA) is 64.6 Å². The van der Waals surface area contributed by atoms with Crippen molar-refractivity contribution in [3.8, 4) is 11.5 Å². The van der Waals surface area contributed by atoms with Crippen molar-refractivity contribution in [1.82, 2.24) is 5.32 Å². The summed E-state index contributed by atoms with van der Waals surface area (Å²) < 4.78 is 12.6. The standard InChI is InChI=1S/C20H18BrNO4S/c1-12-4-3-5-13(2)18(12)26-9-8-25-16-7-6-15(21)10-14(16)11-17-19(23)22-20(24)27-17/h3-7,10-11H,8-9H2,1-2H3,(H,22,23,24)/b17-11+. The smallest absolute Gasteiger partial charge is 0.290 e. The number of amides is 2. The van der Waals surface area contributed by atoms with E-state index >= 15 is 0 Å². The van der Waals surface area contributed by atoms with Gasteiger partial charge in [-0.05, 0) is 61.0 Å². The molecule has 1 N–H and O–H groups in total. The summed E-state index contributed by atoms with van der Waals surface area (Å²) in [5.41, 5.74) is 2.87. The Bertz CT molecular complexity index is 906. The molecule has 1 fully saturated rings. The normalized spacial score (nSPS) is 15.1. The highest BCUT2D eigenvalue weighted by molar-refractivity contribution is 9.10. The van der Waals surface area contributed by atoms with Crippen LogP contribution in [0.15, 0.2) is 45.8 Å². The molecule has 1 aliphatic rings. The number of benzene rings is 2. The van der Waals surface area contributed by atoms with Crippen LogP contribution in [0, 0.1) is 13.8 Å². The van der Waals surface area contributed by atoms with E-state index in [9.17, 15) is 9.59 Å². The number of hydrogen-bond acceptors (Lipinski definition) is 5. The summed E-state index contributed by atoms with van der Waals surface area (Å²) in [4.78, 5) is 23.5. The van der Waals surface area contributed by atoms with E-state index in [1.54, 1.807) is 6.08 Å². The second-order valence-corrected chi connectivity index (χ2v) is 7.88.